The summed E-state index contributed by atoms with van der Waals surface area (Å²) in [5, 5.41) is -0.0721. The molecule has 0 aliphatic rings. The van der Waals surface area contributed by atoms with E-state index in [9.17, 15) is 14.4 Å². The third-order valence-corrected chi connectivity index (χ3v) is 4.57. The van der Waals surface area contributed by atoms with E-state index < -0.39 is 17.4 Å². The maximum Gasteiger partial charge on any atom is 0.308 e. The summed E-state index contributed by atoms with van der Waals surface area (Å²) in [6, 6.07) is 6.06. The average molecular weight is 458 g/mol. The molecule has 3 rings (SSSR count). The van der Waals surface area contributed by atoms with Crippen molar-refractivity contribution in [2.75, 3.05) is 28.4 Å². The maximum absolute atomic E-state index is 13.4. The molecule has 174 valence electrons. The Morgan fingerprint density at radius 2 is 1.36 bits per heavy atom. The first kappa shape index (κ1) is 23.5. The van der Waals surface area contributed by atoms with Gasteiger partial charge < -0.3 is 32.8 Å². The van der Waals surface area contributed by atoms with Crippen LogP contribution in [0.1, 0.15) is 13.8 Å². The number of methoxy groups -OCH3 is 4. The van der Waals surface area contributed by atoms with Gasteiger partial charge in [-0.3, -0.25) is 14.4 Å². The smallest absolute Gasteiger partial charge is 0.308 e. The molecule has 10 nitrogen and oxygen atoms in total. The van der Waals surface area contributed by atoms with Gasteiger partial charge in [0.05, 0.1) is 28.4 Å². The van der Waals surface area contributed by atoms with Gasteiger partial charge in [0.25, 0.3) is 0 Å². The van der Waals surface area contributed by atoms with Gasteiger partial charge in [0, 0.05) is 25.5 Å². The molecule has 10 heteroatoms. The molecule has 0 saturated carbocycles. The lowest BCUT2D eigenvalue weighted by molar-refractivity contribution is -0.132. The molecule has 0 atom stereocenters. The van der Waals surface area contributed by atoms with Crippen LogP contribution in [0.4, 0.5) is 0 Å². The minimum atomic E-state index is -0.675. The van der Waals surface area contributed by atoms with Crippen LogP contribution in [0.3, 0.4) is 0 Å². The molecule has 0 saturated heterocycles. The Balaban J connectivity index is 2.39. The molecule has 1 heterocycles. The van der Waals surface area contributed by atoms with E-state index in [0.29, 0.717) is 11.3 Å². The second-order valence-electron chi connectivity index (χ2n) is 6.66. The van der Waals surface area contributed by atoms with E-state index >= 15 is 0 Å². The fourth-order valence-electron chi connectivity index (χ4n) is 3.28. The first-order chi connectivity index (χ1) is 15.7. The molecule has 0 fully saturated rings. The topological polar surface area (TPSA) is 120 Å². The van der Waals surface area contributed by atoms with Crippen molar-refractivity contribution in [3.8, 4) is 45.8 Å². The van der Waals surface area contributed by atoms with Crippen molar-refractivity contribution in [1.29, 1.82) is 0 Å². The number of carbonyl (C=O) groups is 2. The van der Waals surface area contributed by atoms with Crippen molar-refractivity contribution in [3.05, 3.63) is 34.5 Å². The number of fused-ring (bicyclic) bond motifs is 1. The average Bonchev–Trinajstić information content (AvgIpc) is 2.77. The van der Waals surface area contributed by atoms with E-state index in [2.05, 4.69) is 0 Å². The highest BCUT2D eigenvalue weighted by atomic mass is 16.6. The van der Waals surface area contributed by atoms with Crippen molar-refractivity contribution in [1.82, 2.24) is 0 Å². The molecule has 0 unspecified atom stereocenters. The standard InChI is InChI=1S/C23H22O10/c1-11(24)31-15-9-13(7-8-14(15)27-3)20-23(30-6)19(26)18-16(33-20)10-17(28-4)21(29-5)22(18)32-12(2)25/h7-10H,1-6H3. The minimum Gasteiger partial charge on any atom is -0.493 e. The van der Waals surface area contributed by atoms with Gasteiger partial charge in [-0.25, -0.2) is 0 Å². The Morgan fingerprint density at radius 3 is 1.91 bits per heavy atom. The monoisotopic (exact) mass is 458 g/mol. The Hall–Kier alpha value is -4.21. The molecule has 0 aliphatic heterocycles. The zero-order chi connectivity index (χ0) is 24.3. The van der Waals surface area contributed by atoms with Crippen LogP contribution in [0.15, 0.2) is 33.5 Å². The Morgan fingerprint density at radius 1 is 0.727 bits per heavy atom. The number of benzene rings is 2. The van der Waals surface area contributed by atoms with Gasteiger partial charge in [0.15, 0.2) is 28.8 Å². The summed E-state index contributed by atoms with van der Waals surface area (Å²) >= 11 is 0. The number of carbonyl (C=O) groups excluding carboxylic acids is 2. The van der Waals surface area contributed by atoms with Crippen LogP contribution in [0.5, 0.6) is 34.5 Å². The molecule has 0 N–H and O–H groups in total. The van der Waals surface area contributed by atoms with E-state index in [1.807, 2.05) is 0 Å². The van der Waals surface area contributed by atoms with Gasteiger partial charge in [-0.2, -0.15) is 0 Å². The van der Waals surface area contributed by atoms with Gasteiger partial charge in [-0.1, -0.05) is 0 Å². The van der Waals surface area contributed by atoms with E-state index in [4.69, 9.17) is 32.8 Å². The molecule has 0 aliphatic carbocycles. The van der Waals surface area contributed by atoms with Crippen LogP contribution < -0.4 is 33.8 Å². The van der Waals surface area contributed by atoms with Crippen LogP contribution in [-0.2, 0) is 9.59 Å². The second-order valence-corrected chi connectivity index (χ2v) is 6.66. The molecule has 0 radical (unpaired) electrons. The lowest BCUT2D eigenvalue weighted by Crippen LogP contribution is -2.12. The lowest BCUT2D eigenvalue weighted by Gasteiger charge is -2.16. The SMILES string of the molecule is COc1ccc(-c2oc3cc(OC)c(OC)c(OC(C)=O)c3c(=O)c2OC)cc1OC(C)=O. The molecule has 0 bridgehead atoms. The summed E-state index contributed by atoms with van der Waals surface area (Å²) in [5.74, 6) is -0.853. The van der Waals surface area contributed by atoms with Gasteiger partial charge in [0.2, 0.25) is 16.9 Å². The van der Waals surface area contributed by atoms with Crippen molar-refractivity contribution >= 4 is 22.9 Å². The quantitative estimate of drug-likeness (QED) is 0.385. The fourth-order valence-corrected chi connectivity index (χ4v) is 3.28. The number of ether oxygens (including phenoxy) is 6. The van der Waals surface area contributed by atoms with Crippen molar-refractivity contribution in [3.63, 3.8) is 0 Å². The van der Waals surface area contributed by atoms with E-state index in [0.717, 1.165) is 0 Å². The Bertz CT molecular complexity index is 1290. The third-order valence-electron chi connectivity index (χ3n) is 4.57. The van der Waals surface area contributed by atoms with Gasteiger partial charge in [-0.15, -0.1) is 0 Å². The predicted molar refractivity (Wildman–Crippen MR) is 117 cm³/mol. The lowest BCUT2D eigenvalue weighted by atomic mass is 10.1. The summed E-state index contributed by atoms with van der Waals surface area (Å²) in [4.78, 5) is 36.7. The highest BCUT2D eigenvalue weighted by Gasteiger charge is 2.27. The van der Waals surface area contributed by atoms with Crippen LogP contribution in [0, 0.1) is 0 Å². The van der Waals surface area contributed by atoms with E-state index in [1.165, 1.54) is 54.4 Å². The van der Waals surface area contributed by atoms with E-state index in [-0.39, 0.29) is 45.5 Å². The van der Waals surface area contributed by atoms with Gasteiger partial charge in [0.1, 0.15) is 11.0 Å². The fraction of sp³-hybridized carbons (Fsp3) is 0.261. The normalized spacial score (nSPS) is 10.5. The third kappa shape index (κ3) is 4.40. The molecular formula is C23H22O10. The molecule has 0 spiro atoms. The van der Waals surface area contributed by atoms with Gasteiger partial charge in [-0.05, 0) is 18.2 Å². The number of rotatable bonds is 7. The first-order valence-electron chi connectivity index (χ1n) is 9.60. The van der Waals surface area contributed by atoms with Crippen LogP contribution in [0.25, 0.3) is 22.3 Å². The molecule has 33 heavy (non-hydrogen) atoms. The number of hydrogen-bond donors (Lipinski definition) is 0. The summed E-state index contributed by atoms with van der Waals surface area (Å²) < 4.78 is 37.7. The first-order valence-corrected chi connectivity index (χ1v) is 9.60. The van der Waals surface area contributed by atoms with Crippen LogP contribution >= 0.6 is 0 Å². The van der Waals surface area contributed by atoms with Gasteiger partial charge >= 0.3 is 11.9 Å². The second kappa shape index (κ2) is 9.51. The molecule has 1 aromatic heterocycles. The molecular weight excluding hydrogens is 436 g/mol. The number of esters is 2. The van der Waals surface area contributed by atoms with Crippen LogP contribution in [-0.4, -0.2) is 40.4 Å². The maximum atomic E-state index is 13.4. The number of hydrogen-bond acceptors (Lipinski definition) is 10. The predicted octanol–water partition coefficient (Wildman–Crippen LogP) is 3.35. The summed E-state index contributed by atoms with van der Waals surface area (Å²) in [6.07, 6.45) is 0. The van der Waals surface area contributed by atoms with Crippen molar-refractivity contribution < 1.29 is 42.4 Å². The Labute approximate surface area is 188 Å². The summed E-state index contributed by atoms with van der Waals surface area (Å²) in [5.41, 5.74) is -0.197. The van der Waals surface area contributed by atoms with Crippen LogP contribution in [0.2, 0.25) is 0 Å². The van der Waals surface area contributed by atoms with Crippen molar-refractivity contribution in [2.24, 2.45) is 0 Å². The largest absolute Gasteiger partial charge is 0.493 e. The summed E-state index contributed by atoms with van der Waals surface area (Å²) in [6.45, 7) is 2.44. The molecule has 0 amide bonds. The summed E-state index contributed by atoms with van der Waals surface area (Å²) in [7, 11) is 5.45. The highest BCUT2D eigenvalue weighted by Crippen LogP contribution is 2.45. The Kier molecular flexibility index (Phi) is 6.76. The zero-order valence-corrected chi connectivity index (χ0v) is 18.9. The molecule has 3 aromatic rings. The zero-order valence-electron chi connectivity index (χ0n) is 18.9. The van der Waals surface area contributed by atoms with E-state index in [1.54, 1.807) is 12.1 Å². The van der Waals surface area contributed by atoms with Crippen molar-refractivity contribution in [2.45, 2.75) is 13.8 Å². The highest BCUT2D eigenvalue weighted by molar-refractivity contribution is 5.93. The molecule has 2 aromatic carbocycles. The minimum absolute atomic E-state index is 0.0453.